The molecule has 2 aromatic carbocycles. The number of nitrogens with zero attached hydrogens (tertiary/aromatic N) is 1. The number of halogens is 1. The van der Waals surface area contributed by atoms with Crippen molar-refractivity contribution >= 4 is 23.6 Å². The Labute approximate surface area is 195 Å². The van der Waals surface area contributed by atoms with E-state index in [1.54, 1.807) is 28.8 Å². The van der Waals surface area contributed by atoms with E-state index in [4.69, 9.17) is 0 Å². The molecule has 172 valence electrons. The maximum atomic E-state index is 13.4. The number of rotatable bonds is 10. The number of nitrogens with one attached hydrogen (secondary N) is 1. The predicted molar refractivity (Wildman–Crippen MR) is 129 cm³/mol. The molecule has 6 heteroatoms. The minimum absolute atomic E-state index is 0.0696. The zero-order valence-corrected chi connectivity index (χ0v) is 19.8. The normalized spacial score (nSPS) is 14.8. The lowest BCUT2D eigenvalue weighted by molar-refractivity contribution is -0.139. The fourth-order valence-corrected chi connectivity index (χ4v) is 4.97. The first-order valence-corrected chi connectivity index (χ1v) is 12.6. The van der Waals surface area contributed by atoms with Crippen molar-refractivity contribution in [3.05, 3.63) is 71.0 Å². The van der Waals surface area contributed by atoms with Gasteiger partial charge in [0.25, 0.3) is 0 Å². The molecule has 0 aromatic heterocycles. The number of amides is 2. The van der Waals surface area contributed by atoms with Crippen LogP contribution in [0, 0.1) is 12.7 Å². The molecule has 32 heavy (non-hydrogen) atoms. The van der Waals surface area contributed by atoms with Crippen molar-refractivity contribution in [3.8, 4) is 0 Å². The third kappa shape index (κ3) is 7.09. The molecule has 0 heterocycles. The fraction of sp³-hybridized carbons (Fsp3) is 0.462. The molecule has 1 atom stereocenters. The maximum absolute atomic E-state index is 13.4. The van der Waals surface area contributed by atoms with Gasteiger partial charge in [0, 0.05) is 18.3 Å². The molecular weight excluding hydrogens is 423 g/mol. The second-order valence-electron chi connectivity index (χ2n) is 8.54. The van der Waals surface area contributed by atoms with Crippen LogP contribution in [-0.4, -0.2) is 34.6 Å². The van der Waals surface area contributed by atoms with Gasteiger partial charge in [0.2, 0.25) is 11.8 Å². The van der Waals surface area contributed by atoms with E-state index in [0.717, 1.165) is 37.0 Å². The summed E-state index contributed by atoms with van der Waals surface area (Å²) in [5.74, 6) is 0.563. The van der Waals surface area contributed by atoms with E-state index in [9.17, 15) is 14.0 Å². The molecule has 1 saturated carbocycles. The number of carbonyl (C=O) groups excluding carboxylic acids is 2. The van der Waals surface area contributed by atoms with E-state index < -0.39 is 6.04 Å². The van der Waals surface area contributed by atoms with Crippen LogP contribution in [0.25, 0.3) is 0 Å². The van der Waals surface area contributed by atoms with Crippen molar-refractivity contribution in [2.24, 2.45) is 0 Å². The topological polar surface area (TPSA) is 49.4 Å². The lowest BCUT2D eigenvalue weighted by Crippen LogP contribution is -2.51. The van der Waals surface area contributed by atoms with Gasteiger partial charge in [-0.1, -0.05) is 61.7 Å². The number of benzene rings is 2. The SMILES string of the molecule is CC[C@H](C(=O)NC1CCCC1)N(Cc1ccc(F)cc1)C(=O)CSCc1ccc(C)cc1. The first-order chi connectivity index (χ1) is 15.5. The van der Waals surface area contributed by atoms with Crippen molar-refractivity contribution < 1.29 is 14.0 Å². The van der Waals surface area contributed by atoms with E-state index in [1.165, 1.54) is 23.3 Å². The Kier molecular flexibility index (Phi) is 9.15. The van der Waals surface area contributed by atoms with Crippen LogP contribution >= 0.6 is 11.8 Å². The molecule has 0 bridgehead atoms. The average Bonchev–Trinajstić information content (AvgIpc) is 3.29. The van der Waals surface area contributed by atoms with Crippen LogP contribution in [0.4, 0.5) is 4.39 Å². The number of thioether (sulfide) groups is 1. The highest BCUT2D eigenvalue weighted by Gasteiger charge is 2.30. The minimum atomic E-state index is -0.534. The Morgan fingerprint density at radius 2 is 1.69 bits per heavy atom. The first kappa shape index (κ1) is 24.3. The zero-order valence-electron chi connectivity index (χ0n) is 19.0. The summed E-state index contributed by atoms with van der Waals surface area (Å²) in [6, 6.07) is 14.1. The van der Waals surface area contributed by atoms with Gasteiger partial charge in [-0.2, -0.15) is 0 Å². The number of carbonyl (C=O) groups is 2. The summed E-state index contributed by atoms with van der Waals surface area (Å²) in [6.45, 7) is 4.28. The molecule has 1 fully saturated rings. The van der Waals surface area contributed by atoms with Gasteiger partial charge in [-0.3, -0.25) is 9.59 Å². The van der Waals surface area contributed by atoms with E-state index in [1.807, 2.05) is 6.92 Å². The van der Waals surface area contributed by atoms with Crippen LogP contribution < -0.4 is 5.32 Å². The highest BCUT2D eigenvalue weighted by Crippen LogP contribution is 2.21. The molecule has 2 aromatic rings. The number of aryl methyl sites for hydroxylation is 1. The van der Waals surface area contributed by atoms with Gasteiger partial charge in [0.1, 0.15) is 11.9 Å². The van der Waals surface area contributed by atoms with Crippen molar-refractivity contribution in [2.45, 2.75) is 70.3 Å². The standard InChI is InChI=1S/C26H33FN2O2S/c1-3-24(26(31)28-23-6-4-5-7-23)29(16-20-12-14-22(27)15-13-20)25(30)18-32-17-21-10-8-19(2)9-11-21/h8-15,23-24H,3-7,16-18H2,1-2H3,(H,28,31)/t24-/m1/s1. The Hall–Kier alpha value is -2.34. The molecule has 0 spiro atoms. The van der Waals surface area contributed by atoms with Crippen LogP contribution in [0.3, 0.4) is 0 Å². The Bertz CT molecular complexity index is 880. The van der Waals surface area contributed by atoms with E-state index >= 15 is 0 Å². The lowest BCUT2D eigenvalue weighted by atomic mass is 10.1. The summed E-state index contributed by atoms with van der Waals surface area (Å²) in [4.78, 5) is 28.0. The highest BCUT2D eigenvalue weighted by molar-refractivity contribution is 7.99. The van der Waals surface area contributed by atoms with Crippen molar-refractivity contribution in [1.82, 2.24) is 10.2 Å². The molecule has 3 rings (SSSR count). The third-order valence-electron chi connectivity index (χ3n) is 5.97. The summed E-state index contributed by atoms with van der Waals surface area (Å²) in [6.07, 6.45) is 4.81. The summed E-state index contributed by atoms with van der Waals surface area (Å²) in [5, 5.41) is 3.15. The average molecular weight is 457 g/mol. The van der Waals surface area contributed by atoms with Crippen LogP contribution in [0.15, 0.2) is 48.5 Å². The summed E-state index contributed by atoms with van der Waals surface area (Å²) in [5.41, 5.74) is 3.19. The molecule has 0 saturated heterocycles. The highest BCUT2D eigenvalue weighted by atomic mass is 32.2. The molecule has 4 nitrogen and oxygen atoms in total. The van der Waals surface area contributed by atoms with Gasteiger partial charge in [-0.15, -0.1) is 11.8 Å². The largest absolute Gasteiger partial charge is 0.352 e. The van der Waals surface area contributed by atoms with Crippen molar-refractivity contribution in [3.63, 3.8) is 0 Å². The molecular formula is C26H33FN2O2S. The maximum Gasteiger partial charge on any atom is 0.243 e. The summed E-state index contributed by atoms with van der Waals surface area (Å²) < 4.78 is 13.4. The number of hydrogen-bond acceptors (Lipinski definition) is 3. The lowest BCUT2D eigenvalue weighted by Gasteiger charge is -2.31. The minimum Gasteiger partial charge on any atom is -0.352 e. The number of hydrogen-bond donors (Lipinski definition) is 1. The predicted octanol–water partition coefficient (Wildman–Crippen LogP) is 5.23. The summed E-state index contributed by atoms with van der Waals surface area (Å²) in [7, 11) is 0. The molecule has 1 aliphatic rings. The fourth-order valence-electron chi connectivity index (χ4n) is 4.10. The van der Waals surface area contributed by atoms with Crippen molar-refractivity contribution in [2.75, 3.05) is 5.75 Å². The smallest absolute Gasteiger partial charge is 0.243 e. The first-order valence-electron chi connectivity index (χ1n) is 11.4. The Morgan fingerprint density at radius 1 is 1.06 bits per heavy atom. The second-order valence-corrected chi connectivity index (χ2v) is 9.53. The van der Waals surface area contributed by atoms with Gasteiger partial charge in [-0.25, -0.2) is 4.39 Å². The summed E-state index contributed by atoms with van der Waals surface area (Å²) >= 11 is 1.55. The van der Waals surface area contributed by atoms with Crippen LogP contribution in [0.5, 0.6) is 0 Å². The van der Waals surface area contributed by atoms with Crippen LogP contribution in [0.2, 0.25) is 0 Å². The molecule has 0 aliphatic heterocycles. The van der Waals surface area contributed by atoms with E-state index in [-0.39, 0.29) is 23.7 Å². The Morgan fingerprint density at radius 3 is 2.31 bits per heavy atom. The van der Waals surface area contributed by atoms with E-state index in [0.29, 0.717) is 18.7 Å². The van der Waals surface area contributed by atoms with Gasteiger partial charge in [-0.05, 0) is 49.4 Å². The van der Waals surface area contributed by atoms with Gasteiger partial charge in [0.05, 0.1) is 5.75 Å². The molecule has 0 radical (unpaired) electrons. The van der Waals surface area contributed by atoms with Crippen LogP contribution in [-0.2, 0) is 21.9 Å². The van der Waals surface area contributed by atoms with E-state index in [2.05, 4.69) is 36.5 Å². The molecule has 2 amide bonds. The Balaban J connectivity index is 1.68. The van der Waals surface area contributed by atoms with Crippen LogP contribution in [0.1, 0.15) is 55.7 Å². The quantitative estimate of drug-likeness (QED) is 0.532. The van der Waals surface area contributed by atoms with Gasteiger partial charge in [0.15, 0.2) is 0 Å². The second kappa shape index (κ2) is 12.0. The molecule has 1 aliphatic carbocycles. The van der Waals surface area contributed by atoms with Crippen molar-refractivity contribution in [1.29, 1.82) is 0 Å². The van der Waals surface area contributed by atoms with Gasteiger partial charge < -0.3 is 10.2 Å². The molecule has 1 N–H and O–H groups in total. The van der Waals surface area contributed by atoms with Gasteiger partial charge >= 0.3 is 0 Å². The third-order valence-corrected chi connectivity index (χ3v) is 6.96. The molecule has 0 unspecified atom stereocenters. The monoisotopic (exact) mass is 456 g/mol. The zero-order chi connectivity index (χ0) is 22.9.